The molecule has 0 aliphatic rings. The number of aromatic carboxylic acids is 1. The number of esters is 3. The highest BCUT2D eigenvalue weighted by Crippen LogP contribution is 2.28. The molecule has 2 heterocycles. The van der Waals surface area contributed by atoms with E-state index in [4.69, 9.17) is 14.2 Å². The number of rotatable bonds is 10. The predicted molar refractivity (Wildman–Crippen MR) is 127 cm³/mol. The highest BCUT2D eigenvalue weighted by atomic mass is 16.6. The van der Waals surface area contributed by atoms with E-state index in [1.807, 2.05) is 6.92 Å². The zero-order valence-electron chi connectivity index (χ0n) is 21.3. The van der Waals surface area contributed by atoms with Crippen molar-refractivity contribution in [3.8, 4) is 0 Å². The number of carboxylic acids is 1. The van der Waals surface area contributed by atoms with Crippen LogP contribution in [0.5, 0.6) is 0 Å². The van der Waals surface area contributed by atoms with Gasteiger partial charge in [0.25, 0.3) is 0 Å². The molecule has 0 bridgehead atoms. The second-order valence-electron chi connectivity index (χ2n) is 9.30. The lowest BCUT2D eigenvalue weighted by Crippen LogP contribution is -2.24. The van der Waals surface area contributed by atoms with Crippen molar-refractivity contribution in [1.29, 1.82) is 0 Å². The van der Waals surface area contributed by atoms with Crippen LogP contribution in [0.2, 0.25) is 0 Å². The number of nitrogens with one attached hydrogen (secondary N) is 2. The summed E-state index contributed by atoms with van der Waals surface area (Å²) in [6.07, 6.45) is 0.997. The van der Waals surface area contributed by atoms with Crippen LogP contribution in [0.4, 0.5) is 0 Å². The van der Waals surface area contributed by atoms with Crippen molar-refractivity contribution in [3.05, 3.63) is 45.0 Å². The number of carbonyl (C=O) groups is 4. The molecule has 0 saturated carbocycles. The summed E-state index contributed by atoms with van der Waals surface area (Å²) in [6.45, 7) is 8.80. The Morgan fingerprint density at radius 2 is 1.31 bits per heavy atom. The molecule has 192 valence electrons. The second-order valence-corrected chi connectivity index (χ2v) is 9.30. The van der Waals surface area contributed by atoms with Crippen molar-refractivity contribution in [2.45, 2.75) is 72.3 Å². The van der Waals surface area contributed by atoms with Crippen molar-refractivity contribution < 1.29 is 38.5 Å². The van der Waals surface area contributed by atoms with E-state index in [0.717, 1.165) is 5.56 Å². The van der Waals surface area contributed by atoms with Gasteiger partial charge in [-0.2, -0.15) is 0 Å². The van der Waals surface area contributed by atoms with Gasteiger partial charge < -0.3 is 29.3 Å². The van der Waals surface area contributed by atoms with Gasteiger partial charge in [0, 0.05) is 30.7 Å². The van der Waals surface area contributed by atoms with Crippen LogP contribution >= 0.6 is 0 Å². The number of aromatic amines is 2. The summed E-state index contributed by atoms with van der Waals surface area (Å²) in [7, 11) is 2.60. The van der Waals surface area contributed by atoms with E-state index in [1.165, 1.54) is 14.2 Å². The number of hydrogen-bond acceptors (Lipinski definition) is 7. The zero-order valence-corrected chi connectivity index (χ0v) is 21.3. The Morgan fingerprint density at radius 1 is 0.800 bits per heavy atom. The van der Waals surface area contributed by atoms with Gasteiger partial charge in [-0.25, -0.2) is 9.59 Å². The molecule has 2 aromatic heterocycles. The largest absolute Gasteiger partial charge is 0.477 e. The highest BCUT2D eigenvalue weighted by Gasteiger charge is 2.27. The smallest absolute Gasteiger partial charge is 0.355 e. The van der Waals surface area contributed by atoms with Crippen molar-refractivity contribution in [2.75, 3.05) is 14.2 Å². The van der Waals surface area contributed by atoms with Crippen LogP contribution in [-0.2, 0) is 43.1 Å². The first-order valence-corrected chi connectivity index (χ1v) is 11.3. The van der Waals surface area contributed by atoms with Crippen molar-refractivity contribution >= 4 is 23.9 Å². The zero-order chi connectivity index (χ0) is 26.5. The topological polar surface area (TPSA) is 148 Å². The van der Waals surface area contributed by atoms with Gasteiger partial charge in [0.1, 0.15) is 17.0 Å². The minimum atomic E-state index is -1.11. The second kappa shape index (κ2) is 11.2. The van der Waals surface area contributed by atoms with E-state index in [2.05, 4.69) is 9.97 Å². The van der Waals surface area contributed by atoms with Crippen molar-refractivity contribution in [2.24, 2.45) is 0 Å². The lowest BCUT2D eigenvalue weighted by molar-refractivity contribution is -0.141. The molecule has 10 nitrogen and oxygen atoms in total. The van der Waals surface area contributed by atoms with E-state index in [0.29, 0.717) is 34.5 Å². The molecule has 0 fully saturated rings. The summed E-state index contributed by atoms with van der Waals surface area (Å²) in [4.78, 5) is 54.2. The number of H-pyrrole nitrogens is 2. The van der Waals surface area contributed by atoms with Crippen molar-refractivity contribution in [3.63, 3.8) is 0 Å². The summed E-state index contributed by atoms with van der Waals surface area (Å²) in [5.41, 5.74) is 3.50. The van der Waals surface area contributed by atoms with Crippen LogP contribution in [0.1, 0.15) is 88.2 Å². The average molecular weight is 491 g/mol. The van der Waals surface area contributed by atoms with E-state index >= 15 is 0 Å². The summed E-state index contributed by atoms with van der Waals surface area (Å²) in [5.74, 6) is -2.46. The Balaban J connectivity index is 2.51. The Morgan fingerprint density at radius 3 is 1.80 bits per heavy atom. The number of hydrogen-bond donors (Lipinski definition) is 3. The van der Waals surface area contributed by atoms with Crippen molar-refractivity contribution in [1.82, 2.24) is 9.97 Å². The monoisotopic (exact) mass is 490 g/mol. The van der Waals surface area contributed by atoms with Gasteiger partial charge in [0.05, 0.1) is 14.2 Å². The number of aromatic nitrogens is 2. The highest BCUT2D eigenvalue weighted by molar-refractivity contribution is 5.90. The molecule has 0 spiro atoms. The fourth-order valence-electron chi connectivity index (χ4n) is 3.92. The third-order valence-electron chi connectivity index (χ3n) is 5.73. The molecule has 10 heteroatoms. The lowest BCUT2D eigenvalue weighted by atomic mass is 9.99. The minimum absolute atomic E-state index is 0.0438. The maximum atomic E-state index is 12.9. The molecule has 35 heavy (non-hydrogen) atoms. The van der Waals surface area contributed by atoms with E-state index in [9.17, 15) is 24.3 Å². The van der Waals surface area contributed by atoms with Gasteiger partial charge in [0.15, 0.2) is 0 Å². The van der Waals surface area contributed by atoms with Crippen LogP contribution in [0.25, 0.3) is 0 Å². The third kappa shape index (κ3) is 6.97. The molecule has 0 radical (unpaired) electrons. The van der Waals surface area contributed by atoms with Crippen LogP contribution < -0.4 is 0 Å². The number of carbonyl (C=O) groups excluding carboxylic acids is 3. The molecule has 0 aromatic carbocycles. The van der Waals surface area contributed by atoms with Crippen LogP contribution in [0, 0.1) is 13.8 Å². The normalized spacial score (nSPS) is 11.3. The SMILES string of the molecule is COC(=O)CCc1c(Cc2[nH]c(C(=O)OC(C)(C)C)c(CCC(=O)OC)c2C)[nH]c(C(=O)O)c1C. The average Bonchev–Trinajstić information content (AvgIpc) is 3.25. The quantitative estimate of drug-likeness (QED) is 0.339. The van der Waals surface area contributed by atoms with E-state index in [-0.39, 0.29) is 37.1 Å². The molecular formula is C25H34N2O8. The molecule has 0 unspecified atom stereocenters. The van der Waals surface area contributed by atoms with Gasteiger partial charge in [-0.05, 0) is 69.7 Å². The summed E-state index contributed by atoms with van der Waals surface area (Å²) < 4.78 is 15.0. The molecular weight excluding hydrogens is 456 g/mol. The van der Waals surface area contributed by atoms with E-state index < -0.39 is 29.5 Å². The van der Waals surface area contributed by atoms with Gasteiger partial charge in [-0.3, -0.25) is 9.59 Å². The van der Waals surface area contributed by atoms with Crippen LogP contribution in [0.3, 0.4) is 0 Å². The van der Waals surface area contributed by atoms with Crippen LogP contribution in [-0.4, -0.2) is 58.8 Å². The fraction of sp³-hybridized carbons (Fsp3) is 0.520. The Labute approximate surface area is 204 Å². The Hall–Kier alpha value is -3.56. The molecule has 0 aliphatic heterocycles. The molecule has 2 aromatic rings. The van der Waals surface area contributed by atoms with Gasteiger partial charge in [-0.15, -0.1) is 0 Å². The maximum Gasteiger partial charge on any atom is 0.355 e. The first kappa shape index (κ1) is 27.7. The summed E-state index contributed by atoms with van der Waals surface area (Å²) >= 11 is 0. The lowest BCUT2D eigenvalue weighted by Gasteiger charge is -2.19. The molecule has 2 rings (SSSR count). The number of carboxylic acid groups (broad SMARTS) is 1. The fourth-order valence-corrected chi connectivity index (χ4v) is 3.92. The minimum Gasteiger partial charge on any atom is -0.477 e. The maximum absolute atomic E-state index is 12.9. The molecule has 0 aliphatic carbocycles. The molecule has 0 amide bonds. The van der Waals surface area contributed by atoms with Gasteiger partial charge >= 0.3 is 23.9 Å². The Kier molecular flexibility index (Phi) is 8.89. The molecule has 3 N–H and O–H groups in total. The van der Waals surface area contributed by atoms with Gasteiger partial charge in [-0.1, -0.05) is 0 Å². The van der Waals surface area contributed by atoms with Crippen LogP contribution in [0.15, 0.2) is 0 Å². The summed E-state index contributed by atoms with van der Waals surface area (Å²) in [6, 6.07) is 0. The first-order valence-electron chi connectivity index (χ1n) is 11.3. The predicted octanol–water partition coefficient (Wildman–Crippen LogP) is 3.42. The van der Waals surface area contributed by atoms with Gasteiger partial charge in [0.2, 0.25) is 0 Å². The summed E-state index contributed by atoms with van der Waals surface area (Å²) in [5, 5.41) is 9.59. The number of ether oxygens (including phenoxy) is 3. The first-order chi connectivity index (χ1) is 16.3. The third-order valence-corrected chi connectivity index (χ3v) is 5.73. The molecule has 0 atom stereocenters. The number of methoxy groups -OCH3 is 2. The van der Waals surface area contributed by atoms with E-state index in [1.54, 1.807) is 27.7 Å². The Bertz CT molecular complexity index is 1120. The molecule has 0 saturated heterocycles. The standard InChI is InChI=1S/C25H34N2O8/c1-13-16(9-11-20(29)34-7)22(24(32)35-25(3,4)5)26-17(13)12-18-15(8-10-19(28)33-6)14(2)21(27-18)23(30)31/h26-27H,8-12H2,1-7H3,(H,30,31).